The van der Waals surface area contributed by atoms with Crippen molar-refractivity contribution in [3.63, 3.8) is 0 Å². The van der Waals surface area contributed by atoms with Crippen LogP contribution in [-0.4, -0.2) is 80.3 Å². The number of hydrogen-bond donors (Lipinski definition) is 1. The molecule has 3 saturated heterocycles. The molecule has 12 heteroatoms. The molecule has 0 saturated carbocycles. The summed E-state index contributed by atoms with van der Waals surface area (Å²) < 4.78 is 37.7. The van der Waals surface area contributed by atoms with Crippen LogP contribution in [0.3, 0.4) is 0 Å². The number of fused-ring (bicyclic) bond motifs is 8. The normalized spacial score (nSPS) is 25.8. The SMILES string of the molecule is O=C1CCCCc2c(Cl)cc3[nH]ncc3c2-c2ncc3c(nc(OC[C@@]45CCCN4C[C@H](F)C5)nc3c2F)N2CCC[C@@H](C1)C2. The Morgan fingerprint density at radius 3 is 2.89 bits per heavy atom. The average Bonchev–Trinajstić information content (AvgIpc) is 3.72. The summed E-state index contributed by atoms with van der Waals surface area (Å²) in [6, 6.07) is 1.87. The zero-order chi connectivity index (χ0) is 30.7. The maximum Gasteiger partial charge on any atom is 0.319 e. The van der Waals surface area contributed by atoms with Gasteiger partial charge in [0.1, 0.15) is 35.6 Å². The third-order valence-electron chi connectivity index (χ3n) is 10.4. The molecule has 3 fully saturated rings. The minimum Gasteiger partial charge on any atom is -0.461 e. The van der Waals surface area contributed by atoms with Crippen LogP contribution in [0.2, 0.25) is 5.02 Å². The van der Waals surface area contributed by atoms with Gasteiger partial charge in [0.15, 0.2) is 5.82 Å². The molecule has 1 aromatic carbocycles. The number of alkyl halides is 1. The fourth-order valence-electron chi connectivity index (χ4n) is 8.24. The molecule has 3 atom stereocenters. The third kappa shape index (κ3) is 5.12. The molecule has 9 nitrogen and oxygen atoms in total. The first-order valence-electron chi connectivity index (χ1n) is 16.2. The van der Waals surface area contributed by atoms with Crippen molar-refractivity contribution in [3.05, 3.63) is 34.9 Å². The second kappa shape index (κ2) is 11.4. The molecule has 6 bridgehead atoms. The molecular weight excluding hydrogens is 600 g/mol. The fourth-order valence-corrected chi connectivity index (χ4v) is 8.54. The monoisotopic (exact) mass is 635 g/mol. The van der Waals surface area contributed by atoms with E-state index in [1.807, 2.05) is 6.07 Å². The summed E-state index contributed by atoms with van der Waals surface area (Å²) in [6.07, 6.45) is 9.56. The lowest BCUT2D eigenvalue weighted by Gasteiger charge is -2.34. The van der Waals surface area contributed by atoms with Gasteiger partial charge in [-0.05, 0) is 69.0 Å². The van der Waals surface area contributed by atoms with Crippen LogP contribution in [0, 0.1) is 11.7 Å². The lowest BCUT2D eigenvalue weighted by Crippen LogP contribution is -2.43. The minimum absolute atomic E-state index is 0.0659. The molecule has 1 N–H and O–H groups in total. The standard InChI is InChI=1S/C33H36ClF2N7O2/c34-25-12-26-23(15-38-41-26)27-22(25)7-2-1-6-21(44)11-19-5-3-9-42(16-19)31-24-14-37-30(27)28(36)29(24)39-32(40-31)45-18-33-8-4-10-43(33)17-20(35)13-33/h12,14-15,19-20H,1-11,13,16-18H2,(H,38,41)/t19-,20+,33-/m0/s1. The number of halogens is 3. The van der Waals surface area contributed by atoms with Gasteiger partial charge in [-0.2, -0.15) is 15.1 Å². The van der Waals surface area contributed by atoms with Gasteiger partial charge in [0.2, 0.25) is 0 Å². The van der Waals surface area contributed by atoms with Crippen LogP contribution in [0.25, 0.3) is 33.1 Å². The Labute approximate surface area is 264 Å². The summed E-state index contributed by atoms with van der Waals surface area (Å²) in [5, 5.41) is 8.85. The van der Waals surface area contributed by atoms with Gasteiger partial charge in [0.25, 0.3) is 0 Å². The number of nitrogens with one attached hydrogen (secondary N) is 1. The second-order valence-electron chi connectivity index (χ2n) is 13.3. The minimum atomic E-state index is -0.889. The van der Waals surface area contributed by atoms with Crippen molar-refractivity contribution in [2.75, 3.05) is 37.7 Å². The van der Waals surface area contributed by atoms with Crippen LogP contribution in [0.5, 0.6) is 6.01 Å². The van der Waals surface area contributed by atoms with Gasteiger partial charge < -0.3 is 9.64 Å². The van der Waals surface area contributed by atoms with Crippen LogP contribution in [0.1, 0.15) is 63.4 Å². The topological polar surface area (TPSA) is 100 Å². The number of aromatic amines is 1. The molecule has 5 aliphatic heterocycles. The Morgan fingerprint density at radius 2 is 1.98 bits per heavy atom. The number of anilines is 1. The van der Waals surface area contributed by atoms with Gasteiger partial charge in [-0.25, -0.2) is 8.78 Å². The van der Waals surface area contributed by atoms with Crippen molar-refractivity contribution in [1.82, 2.24) is 30.0 Å². The molecule has 0 unspecified atom stereocenters. The summed E-state index contributed by atoms with van der Waals surface area (Å²) in [4.78, 5) is 31.5. The first kappa shape index (κ1) is 29.0. The maximum absolute atomic E-state index is 17.0. The van der Waals surface area contributed by atoms with Crippen molar-refractivity contribution < 1.29 is 18.3 Å². The molecule has 8 heterocycles. The molecule has 0 spiro atoms. The van der Waals surface area contributed by atoms with Gasteiger partial charge in [-0.1, -0.05) is 11.6 Å². The van der Waals surface area contributed by atoms with Gasteiger partial charge in [0.05, 0.1) is 22.6 Å². The van der Waals surface area contributed by atoms with Crippen LogP contribution in [-0.2, 0) is 11.2 Å². The highest BCUT2D eigenvalue weighted by molar-refractivity contribution is 6.33. The largest absolute Gasteiger partial charge is 0.461 e. The molecule has 4 aromatic rings. The van der Waals surface area contributed by atoms with Crippen molar-refractivity contribution in [2.24, 2.45) is 5.92 Å². The number of rotatable bonds is 3. The van der Waals surface area contributed by atoms with E-state index in [4.69, 9.17) is 26.3 Å². The first-order valence-corrected chi connectivity index (χ1v) is 16.6. The molecule has 0 radical (unpaired) electrons. The van der Waals surface area contributed by atoms with Crippen LogP contribution in [0.15, 0.2) is 18.5 Å². The van der Waals surface area contributed by atoms with Gasteiger partial charge in [-0.15, -0.1) is 0 Å². The fraction of sp³-hybridized carbons (Fsp3) is 0.545. The Kier molecular flexibility index (Phi) is 7.36. The molecule has 0 aliphatic carbocycles. The van der Waals surface area contributed by atoms with Crippen molar-refractivity contribution in [2.45, 2.75) is 75.9 Å². The molecular formula is C33H36ClF2N7O2. The number of Topliss-reactive ketones (excluding diaryl/α,β-unsaturated/α-hetero) is 1. The number of H-pyrrole nitrogens is 1. The van der Waals surface area contributed by atoms with E-state index in [-0.39, 0.29) is 35.5 Å². The van der Waals surface area contributed by atoms with Crippen molar-refractivity contribution in [3.8, 4) is 17.3 Å². The zero-order valence-electron chi connectivity index (χ0n) is 25.1. The number of hydrogen-bond acceptors (Lipinski definition) is 8. The van der Waals surface area contributed by atoms with Gasteiger partial charge in [0, 0.05) is 61.1 Å². The Hall–Kier alpha value is -3.44. The number of carbonyl (C=O) groups is 1. The number of carbonyl (C=O) groups excluding carboxylic acids is 1. The summed E-state index contributed by atoms with van der Waals surface area (Å²) in [5.74, 6) is 0.420. The molecule has 45 heavy (non-hydrogen) atoms. The van der Waals surface area contributed by atoms with E-state index < -0.39 is 17.5 Å². The van der Waals surface area contributed by atoms with E-state index in [2.05, 4.69) is 25.0 Å². The number of benzene rings is 1. The summed E-state index contributed by atoms with van der Waals surface area (Å²) in [5.41, 5.74) is 1.88. The Bertz CT molecular complexity index is 1800. The van der Waals surface area contributed by atoms with Crippen LogP contribution < -0.4 is 9.64 Å². The Balaban J connectivity index is 1.29. The molecule has 9 rings (SSSR count). The molecule has 5 aliphatic rings. The van der Waals surface area contributed by atoms with Crippen LogP contribution in [0.4, 0.5) is 14.6 Å². The van der Waals surface area contributed by atoms with Gasteiger partial charge >= 0.3 is 6.01 Å². The predicted molar refractivity (Wildman–Crippen MR) is 168 cm³/mol. The summed E-state index contributed by atoms with van der Waals surface area (Å²) >= 11 is 6.81. The smallest absolute Gasteiger partial charge is 0.319 e. The lowest BCUT2D eigenvalue weighted by atomic mass is 9.90. The predicted octanol–water partition coefficient (Wildman–Crippen LogP) is 6.22. The van der Waals surface area contributed by atoms with Gasteiger partial charge in [-0.3, -0.25) is 19.8 Å². The van der Waals surface area contributed by atoms with E-state index in [0.717, 1.165) is 57.2 Å². The number of aromatic nitrogens is 5. The number of nitrogens with zero attached hydrogens (tertiary/aromatic N) is 6. The highest BCUT2D eigenvalue weighted by atomic mass is 35.5. The number of pyridine rings is 1. The molecule has 0 amide bonds. The second-order valence-corrected chi connectivity index (χ2v) is 13.7. The molecule has 236 valence electrons. The highest BCUT2D eigenvalue weighted by Crippen LogP contribution is 2.42. The average molecular weight is 636 g/mol. The first-order chi connectivity index (χ1) is 21.9. The van der Waals surface area contributed by atoms with E-state index in [1.165, 1.54) is 0 Å². The summed E-state index contributed by atoms with van der Waals surface area (Å²) in [6.45, 7) is 2.85. The Morgan fingerprint density at radius 1 is 1.09 bits per heavy atom. The zero-order valence-corrected chi connectivity index (χ0v) is 25.9. The van der Waals surface area contributed by atoms with E-state index in [9.17, 15) is 9.18 Å². The third-order valence-corrected chi connectivity index (χ3v) is 10.7. The maximum atomic E-state index is 17.0. The molecule has 3 aromatic heterocycles. The van der Waals surface area contributed by atoms with Crippen molar-refractivity contribution in [1.29, 1.82) is 0 Å². The van der Waals surface area contributed by atoms with E-state index >= 15 is 4.39 Å². The van der Waals surface area contributed by atoms with Crippen molar-refractivity contribution >= 4 is 45.0 Å². The summed E-state index contributed by atoms with van der Waals surface area (Å²) in [7, 11) is 0. The van der Waals surface area contributed by atoms with E-state index in [1.54, 1.807) is 12.4 Å². The number of ether oxygens (including phenoxy) is 1. The van der Waals surface area contributed by atoms with E-state index in [0.29, 0.717) is 71.5 Å². The quantitative estimate of drug-likeness (QED) is 0.283. The highest BCUT2D eigenvalue weighted by Gasteiger charge is 2.49. The van der Waals surface area contributed by atoms with Crippen LogP contribution >= 0.6 is 11.6 Å². The number of ketones is 1. The lowest BCUT2D eigenvalue weighted by molar-refractivity contribution is -0.120. The number of piperidine rings is 1.